The molecule has 1 unspecified atom stereocenters. The first kappa shape index (κ1) is 23.6. The molecule has 0 aliphatic rings. The van der Waals surface area contributed by atoms with Crippen molar-refractivity contribution < 1.29 is 22.4 Å². The molecule has 0 saturated heterocycles. The Kier molecular flexibility index (Phi) is 7.28. The van der Waals surface area contributed by atoms with Gasteiger partial charge in [-0.2, -0.15) is 10.2 Å². The number of hydrogen-bond donors (Lipinski definition) is 1. The van der Waals surface area contributed by atoms with Gasteiger partial charge in [0.05, 0.1) is 11.0 Å². The first-order valence-electron chi connectivity index (χ1n) is 8.70. The van der Waals surface area contributed by atoms with Crippen molar-refractivity contribution in [3.8, 4) is 0 Å². The van der Waals surface area contributed by atoms with Gasteiger partial charge in [-0.3, -0.25) is 14.2 Å². The van der Waals surface area contributed by atoms with Crippen LogP contribution in [0.5, 0.6) is 0 Å². The van der Waals surface area contributed by atoms with Gasteiger partial charge < -0.3 is 5.32 Å². The van der Waals surface area contributed by atoms with E-state index in [1.54, 1.807) is 24.4 Å². The zero-order valence-corrected chi connectivity index (χ0v) is 18.8. The van der Waals surface area contributed by atoms with Crippen molar-refractivity contribution >= 4 is 50.9 Å². The van der Waals surface area contributed by atoms with Crippen molar-refractivity contribution in [1.29, 1.82) is 0 Å². The third-order valence-corrected chi connectivity index (χ3v) is 5.45. The predicted molar refractivity (Wildman–Crippen MR) is 111 cm³/mol. The van der Waals surface area contributed by atoms with Crippen LogP contribution in [0, 0.1) is 0 Å². The van der Waals surface area contributed by atoms with E-state index >= 15 is 0 Å². The highest BCUT2D eigenvalue weighted by atomic mass is 79.9. The minimum atomic E-state index is -3.08. The molecule has 2 aromatic heterocycles. The topological polar surface area (TPSA) is 64.7 Å². The van der Waals surface area contributed by atoms with Gasteiger partial charge in [0.1, 0.15) is 17.4 Å². The summed E-state index contributed by atoms with van der Waals surface area (Å²) in [6.45, 7) is 1.54. The summed E-state index contributed by atoms with van der Waals surface area (Å²) in [6, 6.07) is 4.27. The van der Waals surface area contributed by atoms with Crippen molar-refractivity contribution in [3.05, 3.63) is 61.9 Å². The van der Waals surface area contributed by atoms with Crippen molar-refractivity contribution in [2.75, 3.05) is 5.32 Å². The molecule has 1 aromatic carbocycles. The number of anilines is 1. The average molecular weight is 543 g/mol. The Morgan fingerprint density at radius 1 is 1.16 bits per heavy atom. The number of nitrogens with zero attached hydrogens (tertiary/aromatic N) is 4. The van der Waals surface area contributed by atoms with Gasteiger partial charge in [-0.25, -0.2) is 17.6 Å². The maximum Gasteiger partial charge on any atom is 0.282 e. The van der Waals surface area contributed by atoms with E-state index in [9.17, 15) is 22.4 Å². The zero-order valence-electron chi connectivity index (χ0n) is 15.7. The van der Waals surface area contributed by atoms with E-state index in [2.05, 4.69) is 31.4 Å². The second-order valence-corrected chi connectivity index (χ2v) is 8.16. The first-order valence-corrected chi connectivity index (χ1v) is 10.2. The second-order valence-electron chi connectivity index (χ2n) is 6.46. The van der Waals surface area contributed by atoms with E-state index in [1.807, 2.05) is 0 Å². The summed E-state index contributed by atoms with van der Waals surface area (Å²) in [6.07, 6.45) is -4.54. The molecule has 1 N–H and O–H groups in total. The van der Waals surface area contributed by atoms with Crippen LogP contribution < -0.4 is 5.32 Å². The van der Waals surface area contributed by atoms with Crippen LogP contribution >= 0.6 is 39.1 Å². The molecular weight excluding hydrogens is 529 g/mol. The van der Waals surface area contributed by atoms with Gasteiger partial charge in [-0.1, -0.05) is 29.3 Å². The quantitative estimate of drug-likeness (QED) is 0.358. The number of benzene rings is 1. The number of carbonyl (C=O) groups is 1. The van der Waals surface area contributed by atoms with Gasteiger partial charge in [0, 0.05) is 16.2 Å². The summed E-state index contributed by atoms with van der Waals surface area (Å²) in [5.74, 6) is -0.650. The van der Waals surface area contributed by atoms with Crippen LogP contribution in [0.3, 0.4) is 0 Å². The van der Waals surface area contributed by atoms with E-state index in [-0.39, 0.29) is 12.4 Å². The first-order chi connectivity index (χ1) is 14.6. The van der Waals surface area contributed by atoms with Gasteiger partial charge in [0.15, 0.2) is 5.82 Å². The number of rotatable bonds is 7. The molecule has 1 amide bonds. The van der Waals surface area contributed by atoms with E-state index < -0.39 is 36.2 Å². The lowest BCUT2D eigenvalue weighted by atomic mass is 10.2. The number of nitrogens with one attached hydrogen (secondary N) is 1. The highest BCUT2D eigenvalue weighted by Crippen LogP contribution is 2.29. The van der Waals surface area contributed by atoms with Crippen molar-refractivity contribution in [2.45, 2.75) is 32.4 Å². The minimum Gasteiger partial charge on any atom is -0.306 e. The molecule has 166 valence electrons. The van der Waals surface area contributed by atoms with Gasteiger partial charge in [-0.15, -0.1) is 0 Å². The summed E-state index contributed by atoms with van der Waals surface area (Å²) < 4.78 is 54.6. The van der Waals surface area contributed by atoms with E-state index in [4.69, 9.17) is 23.2 Å². The van der Waals surface area contributed by atoms with E-state index in [0.717, 1.165) is 5.56 Å². The molecule has 0 radical (unpaired) electrons. The lowest BCUT2D eigenvalue weighted by Gasteiger charge is -2.14. The van der Waals surface area contributed by atoms with Crippen LogP contribution in [0.1, 0.15) is 42.8 Å². The highest BCUT2D eigenvalue weighted by Gasteiger charge is 2.27. The molecule has 0 spiro atoms. The lowest BCUT2D eigenvalue weighted by Crippen LogP contribution is -2.26. The largest absolute Gasteiger partial charge is 0.306 e. The SMILES string of the molecule is CC(C(=O)Nc1nn(Cc2ccc(Cl)cc2Cl)cc1Br)n1nc(C(F)F)cc1C(F)F. The monoisotopic (exact) mass is 541 g/mol. The molecule has 13 heteroatoms. The van der Waals surface area contributed by atoms with Crippen molar-refractivity contribution in [3.63, 3.8) is 0 Å². The number of aromatic nitrogens is 4. The standard InChI is InChI=1S/C18H14BrCl2F4N5O/c1-8(30-14(16(24)25)5-13(27-30)15(22)23)18(31)26-17-11(19)7-29(28-17)6-9-2-3-10(20)4-12(9)21/h2-5,7-8,15-16H,6H2,1H3,(H,26,28,31). The molecule has 31 heavy (non-hydrogen) atoms. The van der Waals surface area contributed by atoms with Crippen LogP contribution in [-0.2, 0) is 11.3 Å². The molecule has 0 fully saturated rings. The summed E-state index contributed by atoms with van der Waals surface area (Å²) >= 11 is 15.3. The Labute approximate surface area is 192 Å². The Morgan fingerprint density at radius 3 is 2.48 bits per heavy atom. The Morgan fingerprint density at radius 2 is 1.87 bits per heavy atom. The van der Waals surface area contributed by atoms with Crippen LogP contribution in [0.15, 0.2) is 34.9 Å². The summed E-state index contributed by atoms with van der Waals surface area (Å²) in [5, 5.41) is 11.1. The summed E-state index contributed by atoms with van der Waals surface area (Å²) in [4.78, 5) is 12.6. The molecule has 0 aliphatic heterocycles. The molecule has 0 aliphatic carbocycles. The molecule has 3 aromatic rings. The smallest absolute Gasteiger partial charge is 0.282 e. The second kappa shape index (κ2) is 9.58. The molecule has 6 nitrogen and oxygen atoms in total. The van der Waals surface area contributed by atoms with Crippen LogP contribution in [-0.4, -0.2) is 25.5 Å². The van der Waals surface area contributed by atoms with Crippen LogP contribution in [0.25, 0.3) is 0 Å². The van der Waals surface area contributed by atoms with E-state index in [0.29, 0.717) is 25.3 Å². The third kappa shape index (κ3) is 5.39. The van der Waals surface area contributed by atoms with Gasteiger partial charge in [0.2, 0.25) is 5.91 Å². The summed E-state index contributed by atoms with van der Waals surface area (Å²) in [5.41, 5.74) is -0.884. The maximum atomic E-state index is 13.2. The summed E-state index contributed by atoms with van der Waals surface area (Å²) in [7, 11) is 0. The van der Waals surface area contributed by atoms with E-state index in [1.165, 1.54) is 11.6 Å². The number of hydrogen-bond acceptors (Lipinski definition) is 3. The Hall–Kier alpha value is -2.11. The fourth-order valence-electron chi connectivity index (χ4n) is 2.73. The van der Waals surface area contributed by atoms with Crippen LogP contribution in [0.2, 0.25) is 10.0 Å². The van der Waals surface area contributed by atoms with Crippen molar-refractivity contribution in [1.82, 2.24) is 19.6 Å². The van der Waals surface area contributed by atoms with Crippen molar-refractivity contribution in [2.24, 2.45) is 0 Å². The van der Waals surface area contributed by atoms with Crippen LogP contribution in [0.4, 0.5) is 23.4 Å². The number of carbonyl (C=O) groups excluding carboxylic acids is 1. The normalized spacial score (nSPS) is 12.6. The van der Waals surface area contributed by atoms with Gasteiger partial charge in [0.25, 0.3) is 12.9 Å². The molecular formula is C18H14BrCl2F4N5O. The fraction of sp³-hybridized carbons (Fsp3) is 0.278. The highest BCUT2D eigenvalue weighted by molar-refractivity contribution is 9.10. The third-order valence-electron chi connectivity index (χ3n) is 4.28. The molecule has 1 atom stereocenters. The predicted octanol–water partition coefficient (Wildman–Crippen LogP) is 6.27. The maximum absolute atomic E-state index is 13.2. The zero-order chi connectivity index (χ0) is 22.9. The fourth-order valence-corrected chi connectivity index (χ4v) is 3.61. The average Bonchev–Trinajstić information content (AvgIpc) is 3.28. The van der Waals surface area contributed by atoms with Gasteiger partial charge in [-0.05, 0) is 46.6 Å². The molecule has 2 heterocycles. The molecule has 0 saturated carbocycles. The minimum absolute atomic E-state index is 0.113. The molecule has 3 rings (SSSR count). The number of halogens is 7. The number of amides is 1. The Balaban J connectivity index is 1.78. The Bertz CT molecular complexity index is 1100. The lowest BCUT2D eigenvalue weighted by molar-refractivity contribution is -0.119. The number of alkyl halides is 4. The van der Waals surface area contributed by atoms with Gasteiger partial charge >= 0.3 is 0 Å². The molecule has 0 bridgehead atoms.